The van der Waals surface area contributed by atoms with Crippen molar-refractivity contribution in [2.75, 3.05) is 39.6 Å². The Labute approximate surface area is 271 Å². The van der Waals surface area contributed by atoms with E-state index in [1.165, 1.54) is 0 Å². The average Bonchev–Trinajstić information content (AvgIpc) is 3.06. The average molecular weight is 652 g/mol. The van der Waals surface area contributed by atoms with Crippen LogP contribution in [0.25, 0.3) is 11.1 Å². The SMILES string of the molecule is O=C(O)CCOCC(COCCC(=O)O)(COCCC(=O)O)NC(=O)c1ccc(-c2ccc(C(=O)OCc3ccccc3)cc2)cc1. The second kappa shape index (κ2) is 18.8. The molecule has 0 radical (unpaired) electrons. The van der Waals surface area contributed by atoms with Gasteiger partial charge in [0.2, 0.25) is 0 Å². The van der Waals surface area contributed by atoms with E-state index in [2.05, 4.69) is 5.32 Å². The van der Waals surface area contributed by atoms with Crippen LogP contribution in [0, 0.1) is 0 Å². The summed E-state index contributed by atoms with van der Waals surface area (Å²) in [5, 5.41) is 29.7. The van der Waals surface area contributed by atoms with Gasteiger partial charge >= 0.3 is 23.9 Å². The van der Waals surface area contributed by atoms with Crippen LogP contribution in [0.5, 0.6) is 0 Å². The third-order valence-electron chi connectivity index (χ3n) is 6.71. The molecular weight excluding hydrogens is 614 g/mol. The minimum atomic E-state index is -1.41. The minimum Gasteiger partial charge on any atom is -0.481 e. The molecule has 13 heteroatoms. The molecular formula is C34H37NO12. The number of carbonyl (C=O) groups excluding carboxylic acids is 2. The molecule has 0 spiro atoms. The van der Waals surface area contributed by atoms with Crippen LogP contribution < -0.4 is 5.32 Å². The lowest BCUT2D eigenvalue weighted by molar-refractivity contribution is -0.139. The Balaban J connectivity index is 1.70. The van der Waals surface area contributed by atoms with Crippen molar-refractivity contribution < 1.29 is 58.2 Å². The molecule has 0 aliphatic rings. The standard InChI is InChI=1S/C34H37NO12/c36-29(37)14-17-44-21-34(22-45-18-15-30(38)39,23-46-19-16-31(40)41)35-32(42)27-10-6-25(7-11-27)26-8-12-28(13-9-26)33(43)47-20-24-4-2-1-3-5-24/h1-13H,14-23H2,(H,35,42)(H,36,37)(H,38,39)(H,40,41). The van der Waals surface area contributed by atoms with Crippen molar-refractivity contribution in [3.8, 4) is 11.1 Å². The molecule has 0 aliphatic carbocycles. The van der Waals surface area contributed by atoms with E-state index in [4.69, 9.17) is 34.3 Å². The molecule has 0 atom stereocenters. The number of hydrogen-bond acceptors (Lipinski definition) is 9. The number of carboxylic acids is 3. The van der Waals surface area contributed by atoms with Crippen LogP contribution in [0.1, 0.15) is 45.5 Å². The van der Waals surface area contributed by atoms with Crippen molar-refractivity contribution in [2.45, 2.75) is 31.4 Å². The summed E-state index contributed by atoms with van der Waals surface area (Å²) < 4.78 is 21.9. The smallest absolute Gasteiger partial charge is 0.338 e. The van der Waals surface area contributed by atoms with Crippen LogP contribution in [0.15, 0.2) is 78.9 Å². The first-order chi connectivity index (χ1) is 22.6. The lowest BCUT2D eigenvalue weighted by Gasteiger charge is -2.34. The van der Waals surface area contributed by atoms with E-state index in [0.29, 0.717) is 5.56 Å². The summed E-state index contributed by atoms with van der Waals surface area (Å²) in [5.41, 5.74) is 1.66. The topological polar surface area (TPSA) is 195 Å². The van der Waals surface area contributed by atoms with Gasteiger partial charge in [-0.2, -0.15) is 0 Å². The Morgan fingerprint density at radius 2 is 1.00 bits per heavy atom. The first-order valence-electron chi connectivity index (χ1n) is 14.7. The number of carbonyl (C=O) groups is 5. The molecule has 0 aromatic heterocycles. The van der Waals surface area contributed by atoms with Gasteiger partial charge in [0.15, 0.2) is 0 Å². The van der Waals surface area contributed by atoms with Gasteiger partial charge in [-0.25, -0.2) is 4.79 Å². The fourth-order valence-corrected chi connectivity index (χ4v) is 4.25. The van der Waals surface area contributed by atoms with Crippen molar-refractivity contribution in [2.24, 2.45) is 0 Å². The molecule has 4 N–H and O–H groups in total. The van der Waals surface area contributed by atoms with Gasteiger partial charge in [-0.05, 0) is 41.0 Å². The molecule has 0 unspecified atom stereocenters. The molecule has 1 amide bonds. The molecule has 3 aromatic rings. The highest BCUT2D eigenvalue weighted by atomic mass is 16.5. The third-order valence-corrected chi connectivity index (χ3v) is 6.71. The fourth-order valence-electron chi connectivity index (χ4n) is 4.25. The summed E-state index contributed by atoms with van der Waals surface area (Å²) in [4.78, 5) is 58.7. The van der Waals surface area contributed by atoms with E-state index in [1.54, 1.807) is 48.5 Å². The second-order valence-corrected chi connectivity index (χ2v) is 10.5. The Hall–Kier alpha value is -5.11. The highest BCUT2D eigenvalue weighted by Gasteiger charge is 2.34. The minimum absolute atomic E-state index is 0.156. The number of benzene rings is 3. The van der Waals surface area contributed by atoms with E-state index < -0.39 is 35.3 Å². The van der Waals surface area contributed by atoms with Gasteiger partial charge < -0.3 is 39.6 Å². The molecule has 13 nitrogen and oxygen atoms in total. The first kappa shape index (κ1) is 36.4. The van der Waals surface area contributed by atoms with Gasteiger partial charge in [0, 0.05) is 5.56 Å². The zero-order chi connectivity index (χ0) is 34.1. The largest absolute Gasteiger partial charge is 0.481 e. The van der Waals surface area contributed by atoms with Crippen LogP contribution in [0.3, 0.4) is 0 Å². The number of hydrogen-bond donors (Lipinski definition) is 4. The van der Waals surface area contributed by atoms with E-state index in [0.717, 1.165) is 16.7 Å². The molecule has 0 bridgehead atoms. The maximum Gasteiger partial charge on any atom is 0.338 e. The number of nitrogens with one attached hydrogen (secondary N) is 1. The maximum atomic E-state index is 13.4. The van der Waals surface area contributed by atoms with Crippen LogP contribution in [0.2, 0.25) is 0 Å². The zero-order valence-corrected chi connectivity index (χ0v) is 25.6. The molecule has 0 heterocycles. The summed E-state index contributed by atoms with van der Waals surface area (Å²) in [6, 6.07) is 22.8. The summed E-state index contributed by atoms with van der Waals surface area (Å²) in [6.45, 7) is -1.18. The number of carboxylic acid groups (broad SMARTS) is 3. The van der Waals surface area contributed by atoms with E-state index >= 15 is 0 Å². The van der Waals surface area contributed by atoms with Gasteiger partial charge in [0.1, 0.15) is 12.1 Å². The Bertz CT molecular complexity index is 1420. The number of esters is 1. The van der Waals surface area contributed by atoms with Crippen molar-refractivity contribution in [3.63, 3.8) is 0 Å². The summed E-state index contributed by atoms with van der Waals surface area (Å²) >= 11 is 0. The normalized spacial score (nSPS) is 11.1. The molecule has 0 fully saturated rings. The number of amides is 1. The van der Waals surface area contributed by atoms with Gasteiger partial charge in [0.25, 0.3) is 5.91 Å². The van der Waals surface area contributed by atoms with Gasteiger partial charge in [0.05, 0.1) is 64.5 Å². The van der Waals surface area contributed by atoms with E-state index in [-0.39, 0.29) is 71.1 Å². The second-order valence-electron chi connectivity index (χ2n) is 10.5. The van der Waals surface area contributed by atoms with Gasteiger partial charge in [-0.1, -0.05) is 54.6 Å². The molecule has 3 rings (SSSR count). The van der Waals surface area contributed by atoms with Crippen LogP contribution in [-0.4, -0.2) is 90.3 Å². The highest BCUT2D eigenvalue weighted by molar-refractivity contribution is 5.95. The third kappa shape index (κ3) is 13.0. The zero-order valence-electron chi connectivity index (χ0n) is 25.6. The Morgan fingerprint density at radius 1 is 0.574 bits per heavy atom. The number of rotatable bonds is 21. The molecule has 0 saturated heterocycles. The Morgan fingerprint density at radius 3 is 1.43 bits per heavy atom. The van der Waals surface area contributed by atoms with Crippen molar-refractivity contribution in [3.05, 3.63) is 95.6 Å². The quantitative estimate of drug-likeness (QED) is 0.0966. The summed E-state index contributed by atoms with van der Waals surface area (Å²) in [6.07, 6.45) is -0.913. The monoisotopic (exact) mass is 651 g/mol. The number of aliphatic carboxylic acids is 3. The molecule has 0 aliphatic heterocycles. The van der Waals surface area contributed by atoms with Crippen LogP contribution in [-0.2, 0) is 39.9 Å². The van der Waals surface area contributed by atoms with Gasteiger partial charge in [-0.3, -0.25) is 19.2 Å². The molecule has 47 heavy (non-hydrogen) atoms. The molecule has 3 aromatic carbocycles. The summed E-state index contributed by atoms with van der Waals surface area (Å²) in [5.74, 6) is -4.28. The van der Waals surface area contributed by atoms with Crippen molar-refractivity contribution in [1.29, 1.82) is 0 Å². The predicted molar refractivity (Wildman–Crippen MR) is 167 cm³/mol. The van der Waals surface area contributed by atoms with E-state index in [9.17, 15) is 24.0 Å². The maximum absolute atomic E-state index is 13.4. The van der Waals surface area contributed by atoms with Crippen LogP contribution in [0.4, 0.5) is 0 Å². The lowest BCUT2D eigenvalue weighted by atomic mass is 10.00. The van der Waals surface area contributed by atoms with Gasteiger partial charge in [-0.15, -0.1) is 0 Å². The molecule has 0 saturated carbocycles. The lowest BCUT2D eigenvalue weighted by Crippen LogP contribution is -2.58. The highest BCUT2D eigenvalue weighted by Crippen LogP contribution is 2.22. The van der Waals surface area contributed by atoms with E-state index in [1.807, 2.05) is 30.3 Å². The molecule has 250 valence electrons. The summed E-state index contributed by atoms with van der Waals surface area (Å²) in [7, 11) is 0. The predicted octanol–water partition coefficient (Wildman–Crippen LogP) is 3.65. The van der Waals surface area contributed by atoms with Crippen molar-refractivity contribution >= 4 is 29.8 Å². The fraction of sp³-hybridized carbons (Fsp3) is 0.324. The van der Waals surface area contributed by atoms with Crippen molar-refractivity contribution in [1.82, 2.24) is 5.32 Å². The van der Waals surface area contributed by atoms with Crippen LogP contribution >= 0.6 is 0 Å². The number of ether oxygens (including phenoxy) is 4. The first-order valence-corrected chi connectivity index (χ1v) is 14.7. The Kier molecular flexibility index (Phi) is 14.5.